The molecule has 2 heterocycles. The second-order valence-corrected chi connectivity index (χ2v) is 5.58. The Hall–Kier alpha value is -2.20. The third kappa shape index (κ3) is 3.11. The SMILES string of the molecule is Cc1cccc(CN2CCc3cc(C(N)=O)ccc3C2)n1. The number of carbonyl (C=O) groups excluding carboxylic acids is 1. The molecule has 1 amide bonds. The second kappa shape index (κ2) is 5.66. The van der Waals surface area contributed by atoms with Gasteiger partial charge >= 0.3 is 0 Å². The van der Waals surface area contributed by atoms with Crippen LogP contribution in [0.2, 0.25) is 0 Å². The number of fused-ring (bicyclic) bond motifs is 1. The molecule has 4 heteroatoms. The summed E-state index contributed by atoms with van der Waals surface area (Å²) in [6, 6.07) is 11.9. The molecule has 0 saturated carbocycles. The van der Waals surface area contributed by atoms with Crippen molar-refractivity contribution in [2.24, 2.45) is 5.73 Å². The van der Waals surface area contributed by atoms with Crippen LogP contribution in [-0.4, -0.2) is 22.3 Å². The quantitative estimate of drug-likeness (QED) is 0.936. The van der Waals surface area contributed by atoms with E-state index in [1.807, 2.05) is 31.2 Å². The van der Waals surface area contributed by atoms with Gasteiger partial charge in [0.15, 0.2) is 0 Å². The molecule has 1 aliphatic heterocycles. The number of aromatic nitrogens is 1. The Morgan fingerprint density at radius 2 is 2.14 bits per heavy atom. The van der Waals surface area contributed by atoms with E-state index in [9.17, 15) is 4.79 Å². The molecule has 0 radical (unpaired) electrons. The maximum Gasteiger partial charge on any atom is 0.248 e. The number of aryl methyl sites for hydroxylation is 1. The van der Waals surface area contributed by atoms with E-state index in [0.29, 0.717) is 5.56 Å². The Bertz CT molecular complexity index is 681. The number of hydrogen-bond donors (Lipinski definition) is 1. The first-order valence-corrected chi connectivity index (χ1v) is 7.18. The minimum atomic E-state index is -0.357. The first kappa shape index (κ1) is 13.8. The molecule has 1 aliphatic rings. The monoisotopic (exact) mass is 281 g/mol. The van der Waals surface area contributed by atoms with E-state index in [1.54, 1.807) is 0 Å². The Labute approximate surface area is 124 Å². The van der Waals surface area contributed by atoms with Gasteiger partial charge in [-0.15, -0.1) is 0 Å². The van der Waals surface area contributed by atoms with Gasteiger partial charge in [0, 0.05) is 30.9 Å². The van der Waals surface area contributed by atoms with Crippen LogP contribution in [0.25, 0.3) is 0 Å². The van der Waals surface area contributed by atoms with Gasteiger partial charge in [-0.25, -0.2) is 0 Å². The van der Waals surface area contributed by atoms with Crippen LogP contribution < -0.4 is 5.73 Å². The standard InChI is InChI=1S/C17H19N3O/c1-12-3-2-4-16(19-12)11-20-8-7-13-9-14(17(18)21)5-6-15(13)10-20/h2-6,9H,7-8,10-11H2,1H3,(H2,18,21). The molecule has 1 aromatic carbocycles. The van der Waals surface area contributed by atoms with Crippen LogP contribution in [0, 0.1) is 6.92 Å². The molecule has 1 aromatic heterocycles. The molecule has 0 atom stereocenters. The number of hydrogen-bond acceptors (Lipinski definition) is 3. The van der Waals surface area contributed by atoms with Crippen LogP contribution in [0.4, 0.5) is 0 Å². The van der Waals surface area contributed by atoms with E-state index in [0.717, 1.165) is 37.4 Å². The lowest BCUT2D eigenvalue weighted by molar-refractivity contribution is 0.1000. The van der Waals surface area contributed by atoms with Crippen molar-refractivity contribution in [1.82, 2.24) is 9.88 Å². The van der Waals surface area contributed by atoms with Crippen LogP contribution in [0.3, 0.4) is 0 Å². The highest BCUT2D eigenvalue weighted by molar-refractivity contribution is 5.93. The number of nitrogens with zero attached hydrogens (tertiary/aromatic N) is 2. The number of primary amides is 1. The lowest BCUT2D eigenvalue weighted by Crippen LogP contribution is -2.30. The molecule has 0 spiro atoms. The molecule has 0 unspecified atom stereocenters. The molecular formula is C17H19N3O. The normalized spacial score (nSPS) is 14.7. The molecule has 2 aromatic rings. The van der Waals surface area contributed by atoms with Crippen molar-refractivity contribution >= 4 is 5.91 Å². The molecule has 2 N–H and O–H groups in total. The number of benzene rings is 1. The first-order chi connectivity index (χ1) is 10.1. The number of amides is 1. The molecule has 0 aliphatic carbocycles. The van der Waals surface area contributed by atoms with Crippen molar-refractivity contribution in [2.45, 2.75) is 26.4 Å². The highest BCUT2D eigenvalue weighted by Crippen LogP contribution is 2.21. The highest BCUT2D eigenvalue weighted by atomic mass is 16.1. The molecule has 4 nitrogen and oxygen atoms in total. The third-order valence-electron chi connectivity index (χ3n) is 3.91. The van der Waals surface area contributed by atoms with Crippen molar-refractivity contribution in [3.63, 3.8) is 0 Å². The lowest BCUT2D eigenvalue weighted by atomic mass is 9.97. The predicted octanol–water partition coefficient (Wildman–Crippen LogP) is 2.05. The lowest BCUT2D eigenvalue weighted by Gasteiger charge is -2.28. The maximum absolute atomic E-state index is 11.2. The minimum absolute atomic E-state index is 0.357. The maximum atomic E-state index is 11.2. The average molecular weight is 281 g/mol. The van der Waals surface area contributed by atoms with Gasteiger partial charge in [-0.1, -0.05) is 12.1 Å². The molecule has 0 saturated heterocycles. The Morgan fingerprint density at radius 3 is 2.90 bits per heavy atom. The Kier molecular flexibility index (Phi) is 3.71. The van der Waals surface area contributed by atoms with Crippen LogP contribution in [0.15, 0.2) is 36.4 Å². The molecule has 21 heavy (non-hydrogen) atoms. The molecule has 3 rings (SSSR count). The van der Waals surface area contributed by atoms with Crippen molar-refractivity contribution in [1.29, 1.82) is 0 Å². The minimum Gasteiger partial charge on any atom is -0.366 e. The van der Waals surface area contributed by atoms with Gasteiger partial charge in [-0.3, -0.25) is 14.7 Å². The van der Waals surface area contributed by atoms with Crippen LogP contribution in [0.1, 0.15) is 32.9 Å². The predicted molar refractivity (Wildman–Crippen MR) is 81.8 cm³/mol. The topological polar surface area (TPSA) is 59.2 Å². The average Bonchev–Trinajstić information content (AvgIpc) is 2.46. The van der Waals surface area contributed by atoms with Crippen LogP contribution in [-0.2, 0) is 19.5 Å². The van der Waals surface area contributed by atoms with Gasteiger partial charge in [-0.05, 0) is 48.7 Å². The molecule has 108 valence electrons. The number of rotatable bonds is 3. The van der Waals surface area contributed by atoms with E-state index in [2.05, 4.69) is 22.0 Å². The van der Waals surface area contributed by atoms with Crippen molar-refractivity contribution < 1.29 is 4.79 Å². The zero-order valence-corrected chi connectivity index (χ0v) is 12.2. The summed E-state index contributed by atoms with van der Waals surface area (Å²) >= 11 is 0. The highest BCUT2D eigenvalue weighted by Gasteiger charge is 2.17. The van der Waals surface area contributed by atoms with E-state index < -0.39 is 0 Å². The van der Waals surface area contributed by atoms with Crippen molar-refractivity contribution in [3.05, 3.63) is 64.5 Å². The zero-order valence-electron chi connectivity index (χ0n) is 12.2. The number of nitrogens with two attached hydrogens (primary N) is 1. The van der Waals surface area contributed by atoms with Gasteiger partial charge in [0.2, 0.25) is 5.91 Å². The molecular weight excluding hydrogens is 262 g/mol. The van der Waals surface area contributed by atoms with Gasteiger partial charge in [0.1, 0.15) is 0 Å². The zero-order chi connectivity index (χ0) is 14.8. The smallest absolute Gasteiger partial charge is 0.248 e. The summed E-state index contributed by atoms with van der Waals surface area (Å²) in [7, 11) is 0. The Balaban J connectivity index is 1.74. The molecule has 0 bridgehead atoms. The fourth-order valence-electron chi connectivity index (χ4n) is 2.82. The van der Waals surface area contributed by atoms with Crippen LogP contribution in [0.5, 0.6) is 0 Å². The molecule has 0 fully saturated rings. The summed E-state index contributed by atoms with van der Waals surface area (Å²) in [6.07, 6.45) is 0.947. The summed E-state index contributed by atoms with van der Waals surface area (Å²) in [6.45, 7) is 4.74. The van der Waals surface area contributed by atoms with Crippen LogP contribution >= 0.6 is 0 Å². The summed E-state index contributed by atoms with van der Waals surface area (Å²) in [5, 5.41) is 0. The largest absolute Gasteiger partial charge is 0.366 e. The van der Waals surface area contributed by atoms with E-state index in [4.69, 9.17) is 5.73 Å². The fraction of sp³-hybridized carbons (Fsp3) is 0.294. The third-order valence-corrected chi connectivity index (χ3v) is 3.91. The summed E-state index contributed by atoms with van der Waals surface area (Å²) in [5.74, 6) is -0.357. The Morgan fingerprint density at radius 1 is 1.29 bits per heavy atom. The number of carbonyl (C=O) groups is 1. The number of pyridine rings is 1. The first-order valence-electron chi connectivity index (χ1n) is 7.18. The van der Waals surface area contributed by atoms with E-state index >= 15 is 0 Å². The van der Waals surface area contributed by atoms with Crippen molar-refractivity contribution in [3.8, 4) is 0 Å². The van der Waals surface area contributed by atoms with E-state index in [1.165, 1.54) is 11.1 Å². The summed E-state index contributed by atoms with van der Waals surface area (Å²) < 4.78 is 0. The van der Waals surface area contributed by atoms with Gasteiger partial charge < -0.3 is 5.73 Å². The van der Waals surface area contributed by atoms with E-state index in [-0.39, 0.29) is 5.91 Å². The fourth-order valence-corrected chi connectivity index (χ4v) is 2.82. The summed E-state index contributed by atoms with van der Waals surface area (Å²) in [4.78, 5) is 18.2. The van der Waals surface area contributed by atoms with Gasteiger partial charge in [-0.2, -0.15) is 0 Å². The van der Waals surface area contributed by atoms with Gasteiger partial charge in [0.25, 0.3) is 0 Å². The second-order valence-electron chi connectivity index (χ2n) is 5.58. The van der Waals surface area contributed by atoms with Gasteiger partial charge in [0.05, 0.1) is 5.69 Å². The van der Waals surface area contributed by atoms with Crippen molar-refractivity contribution in [2.75, 3.05) is 6.54 Å². The summed E-state index contributed by atoms with van der Waals surface area (Å²) in [5.41, 5.74) is 10.6.